The van der Waals surface area contributed by atoms with E-state index in [4.69, 9.17) is 11.6 Å². The molecule has 0 aliphatic carbocycles. The quantitative estimate of drug-likeness (QED) is 0.921. The van der Waals surface area contributed by atoms with Crippen molar-refractivity contribution in [3.8, 4) is 5.69 Å². The third-order valence-corrected chi connectivity index (χ3v) is 3.57. The summed E-state index contributed by atoms with van der Waals surface area (Å²) in [6, 6.07) is 8.94. The van der Waals surface area contributed by atoms with Crippen LogP contribution in [-0.4, -0.2) is 44.4 Å². The van der Waals surface area contributed by atoms with E-state index in [1.54, 1.807) is 34.8 Å². The largest absolute Gasteiger partial charge is 0.392 e. The summed E-state index contributed by atoms with van der Waals surface area (Å²) in [4.78, 5) is 14.2. The summed E-state index contributed by atoms with van der Waals surface area (Å²) in [5.74, 6) is -0.207. The average Bonchev–Trinajstić information content (AvgIpc) is 2.93. The first-order valence-corrected chi connectivity index (χ1v) is 7.57. The lowest BCUT2D eigenvalue weighted by molar-refractivity contribution is 0.0572. The van der Waals surface area contributed by atoms with Gasteiger partial charge in [-0.2, -0.15) is 5.10 Å². The molecule has 0 aliphatic rings. The number of carbonyl (C=O) groups is 1. The number of para-hydroxylation sites is 1. The predicted octanol–water partition coefficient (Wildman–Crippen LogP) is 2.76. The highest BCUT2D eigenvalue weighted by atomic mass is 35.5. The standard InChI is InChI=1S/C16H20ClN3O2/c1-11(2)19(10-12(3)21)16(22)14-8-9-20(18-14)15-7-5-4-6-13(15)17/h4-9,11-12,21H,10H2,1-3H3. The number of hydrogen-bond acceptors (Lipinski definition) is 3. The zero-order valence-corrected chi connectivity index (χ0v) is 13.7. The molecule has 1 amide bonds. The Hall–Kier alpha value is -1.85. The Kier molecular flexibility index (Phi) is 5.21. The molecule has 1 heterocycles. The number of hydrogen-bond donors (Lipinski definition) is 1. The molecule has 118 valence electrons. The Morgan fingerprint density at radius 1 is 1.32 bits per heavy atom. The molecule has 0 saturated heterocycles. The molecule has 0 radical (unpaired) electrons. The highest BCUT2D eigenvalue weighted by molar-refractivity contribution is 6.32. The molecule has 6 heteroatoms. The number of amides is 1. The van der Waals surface area contributed by atoms with Crippen LogP contribution in [0.25, 0.3) is 5.69 Å². The lowest BCUT2D eigenvalue weighted by Gasteiger charge is -2.27. The van der Waals surface area contributed by atoms with E-state index >= 15 is 0 Å². The predicted molar refractivity (Wildman–Crippen MR) is 86.4 cm³/mol. The van der Waals surface area contributed by atoms with E-state index in [9.17, 15) is 9.90 Å². The minimum absolute atomic E-state index is 0.0208. The Morgan fingerprint density at radius 2 is 2.00 bits per heavy atom. The molecule has 0 bridgehead atoms. The number of carbonyl (C=O) groups excluding carboxylic acids is 1. The maximum absolute atomic E-state index is 12.6. The van der Waals surface area contributed by atoms with Crippen LogP contribution < -0.4 is 0 Å². The van der Waals surface area contributed by atoms with Crippen LogP contribution in [0.1, 0.15) is 31.3 Å². The van der Waals surface area contributed by atoms with Crippen molar-refractivity contribution in [2.45, 2.75) is 32.9 Å². The van der Waals surface area contributed by atoms with Crippen LogP contribution in [0.4, 0.5) is 0 Å². The van der Waals surface area contributed by atoms with Crippen molar-refractivity contribution in [2.75, 3.05) is 6.54 Å². The smallest absolute Gasteiger partial charge is 0.274 e. The van der Waals surface area contributed by atoms with E-state index in [1.165, 1.54) is 0 Å². The van der Waals surface area contributed by atoms with Gasteiger partial charge in [0.1, 0.15) is 0 Å². The lowest BCUT2D eigenvalue weighted by atomic mass is 10.2. The Morgan fingerprint density at radius 3 is 2.59 bits per heavy atom. The van der Waals surface area contributed by atoms with Gasteiger partial charge in [0.15, 0.2) is 5.69 Å². The van der Waals surface area contributed by atoms with Crippen LogP contribution in [-0.2, 0) is 0 Å². The van der Waals surface area contributed by atoms with Crippen molar-refractivity contribution >= 4 is 17.5 Å². The van der Waals surface area contributed by atoms with Gasteiger partial charge in [-0.25, -0.2) is 4.68 Å². The number of aliphatic hydroxyl groups is 1. The number of benzene rings is 1. The second-order valence-electron chi connectivity index (χ2n) is 5.50. The molecular weight excluding hydrogens is 302 g/mol. The van der Waals surface area contributed by atoms with E-state index in [-0.39, 0.29) is 18.5 Å². The summed E-state index contributed by atoms with van der Waals surface area (Å²) in [7, 11) is 0. The van der Waals surface area contributed by atoms with E-state index in [0.717, 1.165) is 5.69 Å². The monoisotopic (exact) mass is 321 g/mol. The van der Waals surface area contributed by atoms with Gasteiger partial charge in [0, 0.05) is 18.8 Å². The second kappa shape index (κ2) is 6.94. The van der Waals surface area contributed by atoms with Crippen molar-refractivity contribution in [3.05, 3.63) is 47.2 Å². The van der Waals surface area contributed by atoms with E-state index < -0.39 is 6.10 Å². The van der Waals surface area contributed by atoms with Crippen LogP contribution >= 0.6 is 11.6 Å². The molecule has 22 heavy (non-hydrogen) atoms. The minimum Gasteiger partial charge on any atom is -0.392 e. The molecule has 0 fully saturated rings. The van der Waals surface area contributed by atoms with Crippen molar-refractivity contribution in [3.63, 3.8) is 0 Å². The zero-order chi connectivity index (χ0) is 16.3. The normalized spacial score (nSPS) is 12.5. The van der Waals surface area contributed by atoms with Gasteiger partial charge in [0.25, 0.3) is 5.91 Å². The number of rotatable bonds is 5. The van der Waals surface area contributed by atoms with E-state index in [2.05, 4.69) is 5.10 Å². The van der Waals surface area contributed by atoms with Crippen molar-refractivity contribution in [1.29, 1.82) is 0 Å². The molecule has 1 unspecified atom stereocenters. The van der Waals surface area contributed by atoms with Gasteiger partial charge in [-0.05, 0) is 39.0 Å². The third-order valence-electron chi connectivity index (χ3n) is 3.25. The summed E-state index contributed by atoms with van der Waals surface area (Å²) in [5.41, 5.74) is 1.05. The molecule has 1 aromatic carbocycles. The molecule has 2 aromatic rings. The topological polar surface area (TPSA) is 58.4 Å². The molecule has 2 rings (SSSR count). The van der Waals surface area contributed by atoms with E-state index in [0.29, 0.717) is 10.7 Å². The van der Waals surface area contributed by atoms with Crippen LogP contribution in [0.2, 0.25) is 5.02 Å². The van der Waals surface area contributed by atoms with Gasteiger partial charge < -0.3 is 10.0 Å². The first-order valence-electron chi connectivity index (χ1n) is 7.19. The maximum Gasteiger partial charge on any atom is 0.274 e. The van der Waals surface area contributed by atoms with Gasteiger partial charge in [0.05, 0.1) is 16.8 Å². The van der Waals surface area contributed by atoms with Crippen LogP contribution in [0, 0.1) is 0 Å². The lowest BCUT2D eigenvalue weighted by Crippen LogP contribution is -2.41. The Bertz CT molecular complexity index is 652. The summed E-state index contributed by atoms with van der Waals surface area (Å²) in [6.45, 7) is 5.75. The number of aromatic nitrogens is 2. The van der Waals surface area contributed by atoms with Crippen molar-refractivity contribution in [2.24, 2.45) is 0 Å². The second-order valence-corrected chi connectivity index (χ2v) is 5.90. The highest BCUT2D eigenvalue weighted by Crippen LogP contribution is 2.19. The Labute approximate surface area is 135 Å². The fraction of sp³-hybridized carbons (Fsp3) is 0.375. The SMILES string of the molecule is CC(O)CN(C(=O)c1ccn(-c2ccccc2Cl)n1)C(C)C. The highest BCUT2D eigenvalue weighted by Gasteiger charge is 2.22. The summed E-state index contributed by atoms with van der Waals surface area (Å²) in [5, 5.41) is 14.4. The first-order chi connectivity index (χ1) is 10.4. The zero-order valence-electron chi connectivity index (χ0n) is 12.9. The van der Waals surface area contributed by atoms with Crippen LogP contribution in [0.5, 0.6) is 0 Å². The van der Waals surface area contributed by atoms with Gasteiger partial charge in [-0.3, -0.25) is 4.79 Å². The van der Waals surface area contributed by atoms with Crippen molar-refractivity contribution < 1.29 is 9.90 Å². The fourth-order valence-corrected chi connectivity index (χ4v) is 2.39. The third kappa shape index (κ3) is 3.67. The molecule has 5 nitrogen and oxygen atoms in total. The molecule has 1 aromatic heterocycles. The maximum atomic E-state index is 12.6. The minimum atomic E-state index is -0.586. The number of halogens is 1. The average molecular weight is 322 g/mol. The van der Waals surface area contributed by atoms with Gasteiger partial charge in [0.2, 0.25) is 0 Å². The summed E-state index contributed by atoms with van der Waals surface area (Å²) >= 11 is 6.14. The summed E-state index contributed by atoms with van der Waals surface area (Å²) in [6.07, 6.45) is 1.12. The molecule has 0 saturated carbocycles. The number of nitrogens with zero attached hydrogens (tertiary/aromatic N) is 3. The fourth-order valence-electron chi connectivity index (χ4n) is 2.17. The van der Waals surface area contributed by atoms with Crippen molar-refractivity contribution in [1.82, 2.24) is 14.7 Å². The first kappa shape index (κ1) is 16.5. The van der Waals surface area contributed by atoms with E-state index in [1.807, 2.05) is 32.0 Å². The van der Waals surface area contributed by atoms with Gasteiger partial charge in [-0.1, -0.05) is 23.7 Å². The molecule has 1 atom stereocenters. The molecular formula is C16H20ClN3O2. The number of aliphatic hydroxyl groups excluding tert-OH is 1. The molecule has 0 spiro atoms. The van der Waals surface area contributed by atoms with Crippen LogP contribution in [0.15, 0.2) is 36.5 Å². The summed E-state index contributed by atoms with van der Waals surface area (Å²) < 4.78 is 1.58. The van der Waals surface area contributed by atoms with Gasteiger partial charge in [-0.15, -0.1) is 0 Å². The molecule has 0 aliphatic heterocycles. The van der Waals surface area contributed by atoms with Crippen LogP contribution in [0.3, 0.4) is 0 Å². The van der Waals surface area contributed by atoms with Gasteiger partial charge >= 0.3 is 0 Å². The Balaban J connectivity index is 2.27. The molecule has 1 N–H and O–H groups in total.